The Labute approximate surface area is 270 Å². The number of aromatic nitrogens is 4. The van der Waals surface area contributed by atoms with E-state index in [0.717, 1.165) is 37.9 Å². The van der Waals surface area contributed by atoms with Gasteiger partial charge in [0.1, 0.15) is 23.9 Å². The van der Waals surface area contributed by atoms with E-state index in [1.165, 1.54) is 46.3 Å². The number of carbonyl (C=O) groups excluding carboxylic acids is 2. The molecule has 238 valence electrons. The first-order valence-electron chi connectivity index (χ1n) is 15.3. The second kappa shape index (κ2) is 14.3. The van der Waals surface area contributed by atoms with E-state index in [4.69, 9.17) is 16.3 Å². The Kier molecular flexibility index (Phi) is 9.79. The summed E-state index contributed by atoms with van der Waals surface area (Å²) in [6.07, 6.45) is 7.50. The van der Waals surface area contributed by atoms with E-state index >= 15 is 4.39 Å². The Morgan fingerprint density at radius 1 is 1.07 bits per heavy atom. The zero-order valence-electron chi connectivity index (χ0n) is 25.0. The third-order valence-corrected chi connectivity index (χ3v) is 8.89. The highest BCUT2D eigenvalue weighted by atomic mass is 35.5. The number of nitrogens with one attached hydrogen (secondary N) is 1. The van der Waals surface area contributed by atoms with Crippen LogP contribution in [0.4, 0.5) is 8.78 Å². The quantitative estimate of drug-likeness (QED) is 0.233. The van der Waals surface area contributed by atoms with Crippen LogP contribution in [0.15, 0.2) is 67.0 Å². The summed E-state index contributed by atoms with van der Waals surface area (Å²) in [5, 5.41) is 14.3. The molecule has 1 aromatic heterocycles. The molecular formula is C34H33ClF2N6O3. The zero-order chi connectivity index (χ0) is 32.0. The molecule has 0 radical (unpaired) electrons. The summed E-state index contributed by atoms with van der Waals surface area (Å²) in [6.45, 7) is 2.84. The van der Waals surface area contributed by atoms with Crippen molar-refractivity contribution in [1.82, 2.24) is 30.4 Å². The molecule has 12 heteroatoms. The summed E-state index contributed by atoms with van der Waals surface area (Å²) in [5.41, 5.74) is 2.50. The number of Topliss-reactive ketones (excluding diaryl/α,β-unsaturated/α-hetero) is 1. The summed E-state index contributed by atoms with van der Waals surface area (Å²) in [5.74, 6) is -0.538. The van der Waals surface area contributed by atoms with Gasteiger partial charge < -0.3 is 15.0 Å². The maximum Gasteiger partial charge on any atom is 0.247 e. The van der Waals surface area contributed by atoms with Gasteiger partial charge in [0, 0.05) is 30.2 Å². The van der Waals surface area contributed by atoms with Crippen LogP contribution in [0.5, 0.6) is 5.75 Å². The van der Waals surface area contributed by atoms with Crippen molar-refractivity contribution in [3.63, 3.8) is 0 Å². The molecule has 4 aromatic rings. The van der Waals surface area contributed by atoms with Gasteiger partial charge in [-0.25, -0.2) is 8.78 Å². The number of nitrogens with zero attached hydrogens (tertiary/aromatic N) is 5. The van der Waals surface area contributed by atoms with E-state index in [0.29, 0.717) is 35.8 Å². The van der Waals surface area contributed by atoms with E-state index in [9.17, 15) is 14.0 Å². The molecule has 1 unspecified atom stereocenters. The molecule has 3 aromatic carbocycles. The third kappa shape index (κ3) is 7.00. The fraction of sp³-hybridized carbons (Fsp3) is 0.324. The first-order valence-corrected chi connectivity index (χ1v) is 15.7. The topological polar surface area (TPSA) is 102 Å². The average molecular weight is 647 g/mol. The summed E-state index contributed by atoms with van der Waals surface area (Å²) >= 11 is 6.07. The lowest BCUT2D eigenvalue weighted by Gasteiger charge is -2.36. The Hall–Kier alpha value is -4.48. The fourth-order valence-corrected chi connectivity index (χ4v) is 6.36. The number of halogens is 3. The Morgan fingerprint density at radius 2 is 1.87 bits per heavy atom. The SMILES string of the molecule is O=C(Cc1ccc(F)cc1)C1c2cccc(OCCC3CCNCC3)c2CCN1C(=O)/C=C/c1c(-n2cnnn2)ccc(Cl)c1F. The normalized spacial score (nSPS) is 16.8. The fourth-order valence-electron chi connectivity index (χ4n) is 6.20. The lowest BCUT2D eigenvalue weighted by molar-refractivity contribution is -0.136. The first-order chi connectivity index (χ1) is 22.4. The van der Waals surface area contributed by atoms with Gasteiger partial charge in [0.25, 0.3) is 0 Å². The molecule has 1 amide bonds. The molecule has 0 saturated carbocycles. The molecule has 2 aliphatic rings. The number of fused-ring (bicyclic) bond motifs is 1. The largest absolute Gasteiger partial charge is 0.493 e. The van der Waals surface area contributed by atoms with Crippen molar-refractivity contribution in [1.29, 1.82) is 0 Å². The van der Waals surface area contributed by atoms with Gasteiger partial charge in [-0.3, -0.25) is 9.59 Å². The summed E-state index contributed by atoms with van der Waals surface area (Å²) in [7, 11) is 0. The van der Waals surface area contributed by atoms with Crippen molar-refractivity contribution < 1.29 is 23.1 Å². The standard InChI is InChI=1S/C34H33ClF2N6O3/c35-28-9-10-29(43-21-39-40-41-43)27(33(28)37)8-11-32(45)42-18-14-25-26(34(42)30(44)20-23-4-6-24(36)7-5-23)2-1-3-31(25)46-19-15-22-12-16-38-17-13-22/h1-11,21-22,34,38H,12-20H2/b11-8+. The van der Waals surface area contributed by atoms with Gasteiger partial charge in [-0.1, -0.05) is 35.9 Å². The van der Waals surface area contributed by atoms with Crippen LogP contribution in [0.1, 0.15) is 47.6 Å². The van der Waals surface area contributed by atoms with Crippen molar-refractivity contribution in [2.24, 2.45) is 5.92 Å². The average Bonchev–Trinajstić information content (AvgIpc) is 3.61. The van der Waals surface area contributed by atoms with Crippen LogP contribution in [-0.2, 0) is 22.4 Å². The number of hydrogen-bond acceptors (Lipinski definition) is 7. The van der Waals surface area contributed by atoms with Gasteiger partial charge in [-0.05, 0) is 103 Å². The number of ketones is 1. The number of tetrazole rings is 1. The number of ether oxygens (including phenoxy) is 1. The molecule has 46 heavy (non-hydrogen) atoms. The van der Waals surface area contributed by atoms with Crippen LogP contribution in [0.2, 0.25) is 5.02 Å². The Morgan fingerprint density at radius 3 is 2.63 bits per heavy atom. The molecule has 9 nitrogen and oxygen atoms in total. The van der Waals surface area contributed by atoms with Crippen LogP contribution in [-0.4, -0.2) is 63.0 Å². The Bertz CT molecular complexity index is 1730. The van der Waals surface area contributed by atoms with E-state index in [1.54, 1.807) is 18.2 Å². The second-order valence-electron chi connectivity index (χ2n) is 11.5. The molecule has 1 atom stereocenters. The summed E-state index contributed by atoms with van der Waals surface area (Å²) in [4.78, 5) is 29.3. The van der Waals surface area contributed by atoms with Crippen molar-refractivity contribution in [3.05, 3.63) is 106 Å². The highest BCUT2D eigenvalue weighted by molar-refractivity contribution is 6.31. The molecule has 1 N–H and O–H groups in total. The molecule has 1 fully saturated rings. The highest BCUT2D eigenvalue weighted by Crippen LogP contribution is 2.37. The van der Waals surface area contributed by atoms with Crippen LogP contribution >= 0.6 is 11.6 Å². The predicted octanol–water partition coefficient (Wildman–Crippen LogP) is 5.31. The maximum atomic E-state index is 15.2. The summed E-state index contributed by atoms with van der Waals surface area (Å²) < 4.78 is 36.3. The number of amides is 1. The number of benzene rings is 3. The van der Waals surface area contributed by atoms with Crippen LogP contribution in [0.25, 0.3) is 11.8 Å². The smallest absolute Gasteiger partial charge is 0.247 e. The monoisotopic (exact) mass is 646 g/mol. The minimum absolute atomic E-state index is 0.00888. The molecule has 6 rings (SSSR count). The number of piperidine rings is 1. The van der Waals surface area contributed by atoms with Crippen LogP contribution < -0.4 is 10.1 Å². The van der Waals surface area contributed by atoms with E-state index < -0.39 is 23.6 Å². The number of carbonyl (C=O) groups is 2. The number of rotatable bonds is 10. The van der Waals surface area contributed by atoms with E-state index in [1.807, 2.05) is 18.2 Å². The van der Waals surface area contributed by atoms with E-state index in [2.05, 4.69) is 20.8 Å². The van der Waals surface area contributed by atoms with Crippen molar-refractivity contribution in [2.75, 3.05) is 26.2 Å². The van der Waals surface area contributed by atoms with Gasteiger partial charge in [-0.2, -0.15) is 4.68 Å². The predicted molar refractivity (Wildman–Crippen MR) is 169 cm³/mol. The highest BCUT2D eigenvalue weighted by Gasteiger charge is 2.36. The van der Waals surface area contributed by atoms with Crippen molar-refractivity contribution in [2.45, 2.75) is 38.1 Å². The third-order valence-electron chi connectivity index (χ3n) is 8.60. The molecule has 0 bridgehead atoms. The minimum atomic E-state index is -0.929. The molecule has 0 spiro atoms. The van der Waals surface area contributed by atoms with Crippen LogP contribution in [0.3, 0.4) is 0 Å². The molecular weight excluding hydrogens is 614 g/mol. The molecule has 2 aliphatic heterocycles. The van der Waals surface area contributed by atoms with E-state index in [-0.39, 0.29) is 35.0 Å². The van der Waals surface area contributed by atoms with Gasteiger partial charge in [0.15, 0.2) is 11.6 Å². The van der Waals surface area contributed by atoms with Crippen molar-refractivity contribution >= 4 is 29.4 Å². The Balaban J connectivity index is 1.29. The zero-order valence-corrected chi connectivity index (χ0v) is 25.8. The lowest BCUT2D eigenvalue weighted by atomic mass is 9.87. The van der Waals surface area contributed by atoms with Crippen molar-refractivity contribution in [3.8, 4) is 11.4 Å². The first kappa shape index (κ1) is 31.5. The van der Waals surface area contributed by atoms with Gasteiger partial charge in [-0.15, -0.1) is 5.10 Å². The summed E-state index contributed by atoms with van der Waals surface area (Å²) in [6, 6.07) is 13.3. The van der Waals surface area contributed by atoms with Gasteiger partial charge in [0.2, 0.25) is 5.91 Å². The molecule has 1 saturated heterocycles. The van der Waals surface area contributed by atoms with Gasteiger partial charge >= 0.3 is 0 Å². The molecule has 3 heterocycles. The van der Waals surface area contributed by atoms with Crippen LogP contribution in [0, 0.1) is 17.6 Å². The minimum Gasteiger partial charge on any atom is -0.493 e. The maximum absolute atomic E-state index is 15.2. The molecule has 0 aliphatic carbocycles. The second-order valence-corrected chi connectivity index (χ2v) is 11.9. The van der Waals surface area contributed by atoms with Gasteiger partial charge in [0.05, 0.1) is 17.3 Å². The lowest BCUT2D eigenvalue weighted by Crippen LogP contribution is -2.43. The number of hydrogen-bond donors (Lipinski definition) is 1.